The number of rotatable bonds is 2. The number of carboxylic acids is 1. The molecule has 0 spiro atoms. The molecule has 2 aliphatic heterocycles. The predicted molar refractivity (Wildman–Crippen MR) is 64.5 cm³/mol. The molecular weight excluding hydrogens is 248 g/mol. The first-order valence-corrected chi connectivity index (χ1v) is 6.30. The van der Waals surface area contributed by atoms with Crippen molar-refractivity contribution < 1.29 is 19.5 Å². The number of aliphatic carboxylic acids is 1. The number of carbonyl (C=O) groups excluding carboxylic acids is 2. The molecule has 2 fully saturated rings. The van der Waals surface area contributed by atoms with E-state index in [0.717, 1.165) is 0 Å². The summed E-state index contributed by atoms with van der Waals surface area (Å²) in [5, 5.41) is 8.91. The van der Waals surface area contributed by atoms with Crippen molar-refractivity contribution >= 4 is 17.8 Å². The smallest absolute Gasteiger partial charge is 0.310 e. The van der Waals surface area contributed by atoms with Crippen LogP contribution in [-0.2, 0) is 14.4 Å². The van der Waals surface area contributed by atoms with Crippen molar-refractivity contribution in [2.45, 2.75) is 25.4 Å². The van der Waals surface area contributed by atoms with Gasteiger partial charge in [0.2, 0.25) is 11.8 Å². The van der Waals surface area contributed by atoms with Crippen molar-refractivity contribution in [1.82, 2.24) is 9.80 Å². The summed E-state index contributed by atoms with van der Waals surface area (Å²) in [6.45, 7) is 0.136. The third-order valence-electron chi connectivity index (χ3n) is 3.84. The van der Waals surface area contributed by atoms with Crippen molar-refractivity contribution in [3.8, 4) is 0 Å². The maximum Gasteiger partial charge on any atom is 0.310 e. The summed E-state index contributed by atoms with van der Waals surface area (Å²) < 4.78 is 0. The third kappa shape index (κ3) is 1.83. The van der Waals surface area contributed by atoms with Crippen LogP contribution < -0.4 is 0 Å². The fourth-order valence-corrected chi connectivity index (χ4v) is 2.86. The van der Waals surface area contributed by atoms with E-state index in [-0.39, 0.29) is 24.5 Å². The van der Waals surface area contributed by atoms with Crippen LogP contribution >= 0.6 is 0 Å². The van der Waals surface area contributed by atoms with Crippen LogP contribution in [0.5, 0.6) is 0 Å². The molecule has 0 aromatic heterocycles. The highest BCUT2D eigenvalue weighted by atomic mass is 16.4. The number of allylic oxidation sites excluding steroid dienone is 2. The number of hydrogen-bond donors (Lipinski definition) is 1. The Morgan fingerprint density at radius 3 is 2.74 bits per heavy atom. The molecule has 1 N–H and O–H groups in total. The second-order valence-corrected chi connectivity index (χ2v) is 4.97. The molecule has 2 atom stereocenters. The summed E-state index contributed by atoms with van der Waals surface area (Å²) >= 11 is 0. The zero-order valence-electron chi connectivity index (χ0n) is 10.3. The van der Waals surface area contributed by atoms with Crippen LogP contribution in [0.4, 0.5) is 0 Å². The van der Waals surface area contributed by atoms with Gasteiger partial charge in [-0.3, -0.25) is 19.3 Å². The van der Waals surface area contributed by atoms with Crippen LogP contribution in [0.2, 0.25) is 0 Å². The molecule has 0 saturated carbocycles. The molecule has 1 aliphatic carbocycles. The highest BCUT2D eigenvalue weighted by molar-refractivity contribution is 5.91. The van der Waals surface area contributed by atoms with Crippen molar-refractivity contribution in [2.24, 2.45) is 5.92 Å². The molecule has 6 nitrogen and oxygen atoms in total. The Labute approximate surface area is 110 Å². The van der Waals surface area contributed by atoms with Gasteiger partial charge in [-0.2, -0.15) is 0 Å². The van der Waals surface area contributed by atoms with Crippen LogP contribution in [0, 0.1) is 5.92 Å². The molecule has 0 bridgehead atoms. The summed E-state index contributed by atoms with van der Waals surface area (Å²) in [4.78, 5) is 37.7. The van der Waals surface area contributed by atoms with E-state index < -0.39 is 11.9 Å². The Bertz CT molecular complexity index is 523. The molecule has 3 rings (SSSR count). The zero-order chi connectivity index (χ0) is 13.6. The Morgan fingerprint density at radius 2 is 2.11 bits per heavy atom. The van der Waals surface area contributed by atoms with Crippen LogP contribution in [0.15, 0.2) is 23.9 Å². The van der Waals surface area contributed by atoms with E-state index in [9.17, 15) is 14.4 Å². The Hall–Kier alpha value is -2.11. The van der Waals surface area contributed by atoms with E-state index in [1.807, 2.05) is 0 Å². The quantitative estimate of drug-likeness (QED) is 0.777. The maximum absolute atomic E-state index is 12.0. The number of carbonyl (C=O) groups is 3. The number of nitrogens with zero attached hydrogens (tertiary/aromatic N) is 2. The van der Waals surface area contributed by atoms with Gasteiger partial charge in [0.15, 0.2) is 0 Å². The molecule has 6 heteroatoms. The average molecular weight is 262 g/mol. The number of amides is 2. The molecule has 2 amide bonds. The lowest BCUT2D eigenvalue weighted by Gasteiger charge is -2.26. The normalized spacial score (nSPS) is 29.8. The van der Waals surface area contributed by atoms with Gasteiger partial charge in [0.05, 0.1) is 5.92 Å². The van der Waals surface area contributed by atoms with Crippen molar-refractivity contribution in [2.75, 3.05) is 6.54 Å². The van der Waals surface area contributed by atoms with E-state index in [0.29, 0.717) is 25.0 Å². The minimum absolute atomic E-state index is 0.0182. The monoisotopic (exact) mass is 262 g/mol. The molecule has 2 unspecified atom stereocenters. The zero-order valence-corrected chi connectivity index (χ0v) is 10.3. The Kier molecular flexibility index (Phi) is 2.66. The van der Waals surface area contributed by atoms with E-state index in [2.05, 4.69) is 0 Å². The van der Waals surface area contributed by atoms with Gasteiger partial charge in [0, 0.05) is 12.1 Å². The van der Waals surface area contributed by atoms with Gasteiger partial charge < -0.3 is 10.0 Å². The average Bonchev–Trinajstić information content (AvgIpc) is 2.89. The van der Waals surface area contributed by atoms with Gasteiger partial charge in [0.25, 0.3) is 0 Å². The molecule has 0 radical (unpaired) electrons. The minimum atomic E-state index is -0.864. The molecule has 3 aliphatic rings. The summed E-state index contributed by atoms with van der Waals surface area (Å²) in [5.41, 5.74) is 0.713. The highest BCUT2D eigenvalue weighted by Gasteiger charge is 2.45. The van der Waals surface area contributed by atoms with Gasteiger partial charge in [-0.15, -0.1) is 0 Å². The molecule has 0 aromatic rings. The highest BCUT2D eigenvalue weighted by Crippen LogP contribution is 2.32. The Morgan fingerprint density at radius 1 is 1.32 bits per heavy atom. The molecule has 19 heavy (non-hydrogen) atoms. The number of carboxylic acid groups (broad SMARTS) is 1. The third-order valence-corrected chi connectivity index (χ3v) is 3.84. The first-order valence-electron chi connectivity index (χ1n) is 6.30. The van der Waals surface area contributed by atoms with E-state index in [4.69, 9.17) is 5.11 Å². The predicted octanol–water partition coefficient (Wildman–Crippen LogP) is 0.322. The lowest BCUT2D eigenvalue weighted by Crippen LogP contribution is -2.36. The second kappa shape index (κ2) is 4.22. The molecule has 2 heterocycles. The van der Waals surface area contributed by atoms with E-state index >= 15 is 0 Å². The SMILES string of the molecule is O=C(O)C1C=CC(N2C(=O)CN3C(=O)CCC32)=CC1. The van der Waals surface area contributed by atoms with Gasteiger partial charge in [-0.25, -0.2) is 0 Å². The van der Waals surface area contributed by atoms with E-state index in [1.165, 1.54) is 0 Å². The molecule has 2 saturated heterocycles. The molecule has 100 valence electrons. The summed E-state index contributed by atoms with van der Waals surface area (Å²) in [6.07, 6.45) is 6.37. The van der Waals surface area contributed by atoms with Gasteiger partial charge in [-0.05, 0) is 18.9 Å². The standard InChI is InChI=1S/C13H14N2O4/c16-11-6-5-10-14(11)7-12(17)15(10)9-3-1-8(2-4-9)13(18)19/h1,3-4,8,10H,2,5-7H2,(H,18,19). The van der Waals surface area contributed by atoms with Gasteiger partial charge >= 0.3 is 5.97 Å². The molecular formula is C13H14N2O4. The summed E-state index contributed by atoms with van der Waals surface area (Å²) in [7, 11) is 0. The fraction of sp³-hybridized carbons (Fsp3) is 0.462. The first kappa shape index (κ1) is 12.0. The Balaban J connectivity index is 1.80. The topological polar surface area (TPSA) is 77.9 Å². The van der Waals surface area contributed by atoms with Crippen molar-refractivity contribution in [1.29, 1.82) is 0 Å². The van der Waals surface area contributed by atoms with Crippen molar-refractivity contribution in [3.63, 3.8) is 0 Å². The minimum Gasteiger partial charge on any atom is -0.481 e. The van der Waals surface area contributed by atoms with Gasteiger partial charge in [0.1, 0.15) is 12.7 Å². The second-order valence-electron chi connectivity index (χ2n) is 4.97. The largest absolute Gasteiger partial charge is 0.481 e. The van der Waals surface area contributed by atoms with Crippen LogP contribution in [0.3, 0.4) is 0 Å². The number of fused-ring (bicyclic) bond motifs is 1. The van der Waals surface area contributed by atoms with Crippen LogP contribution in [-0.4, -0.2) is 45.4 Å². The van der Waals surface area contributed by atoms with E-state index in [1.54, 1.807) is 28.0 Å². The van der Waals surface area contributed by atoms with Crippen LogP contribution in [0.25, 0.3) is 0 Å². The fourth-order valence-electron chi connectivity index (χ4n) is 2.86. The first-order chi connectivity index (χ1) is 9.08. The summed E-state index contributed by atoms with van der Waals surface area (Å²) in [6, 6.07) is 0. The lowest BCUT2D eigenvalue weighted by atomic mass is 9.99. The van der Waals surface area contributed by atoms with Crippen LogP contribution in [0.1, 0.15) is 19.3 Å². The maximum atomic E-state index is 12.0. The summed E-state index contributed by atoms with van der Waals surface area (Å²) in [5.74, 6) is -1.47. The number of hydrogen-bond acceptors (Lipinski definition) is 3. The van der Waals surface area contributed by atoms with Crippen molar-refractivity contribution in [3.05, 3.63) is 23.9 Å². The van der Waals surface area contributed by atoms with Gasteiger partial charge in [-0.1, -0.05) is 12.2 Å². The molecule has 0 aromatic carbocycles. The lowest BCUT2D eigenvalue weighted by molar-refractivity contribution is -0.140.